The van der Waals surface area contributed by atoms with Crippen LogP contribution in [0.1, 0.15) is 0 Å². The van der Waals surface area contributed by atoms with Gasteiger partial charge in [-0.3, -0.25) is 4.40 Å². The Labute approximate surface area is 285 Å². The highest BCUT2D eigenvalue weighted by atomic mass is 15.0. The number of para-hydroxylation sites is 3. The fourth-order valence-corrected chi connectivity index (χ4v) is 8.64. The number of rotatable bonds is 2. The van der Waals surface area contributed by atoms with Crippen molar-refractivity contribution in [2.24, 2.45) is 0 Å². The molecule has 0 fully saturated rings. The number of benzene rings is 8. The van der Waals surface area contributed by atoms with Crippen LogP contribution in [0, 0.1) is 0 Å². The summed E-state index contributed by atoms with van der Waals surface area (Å²) in [6, 6.07) is 57.1. The van der Waals surface area contributed by atoms with Crippen LogP contribution < -0.4 is 0 Å². The van der Waals surface area contributed by atoms with E-state index >= 15 is 0 Å². The first-order chi connectivity index (χ1) is 24.8. The molecule has 0 amide bonds. The summed E-state index contributed by atoms with van der Waals surface area (Å²) in [7, 11) is 0. The molecule has 8 aromatic carbocycles. The average molecular weight is 635 g/mol. The van der Waals surface area contributed by atoms with Crippen LogP contribution in [0.25, 0.3) is 110 Å². The van der Waals surface area contributed by atoms with Crippen molar-refractivity contribution in [1.29, 1.82) is 0 Å². The minimum atomic E-state index is 0.902. The predicted molar refractivity (Wildman–Crippen MR) is 209 cm³/mol. The van der Waals surface area contributed by atoms with E-state index in [0.29, 0.717) is 0 Å². The lowest BCUT2D eigenvalue weighted by Gasteiger charge is -2.09. The molecule has 0 aliphatic heterocycles. The Morgan fingerprint density at radius 1 is 0.400 bits per heavy atom. The third kappa shape index (κ3) is 3.34. The minimum Gasteiger partial charge on any atom is -0.309 e. The van der Waals surface area contributed by atoms with Gasteiger partial charge >= 0.3 is 0 Å². The summed E-state index contributed by atoms with van der Waals surface area (Å²) in [5.41, 5.74) is 11.9. The van der Waals surface area contributed by atoms with Crippen molar-refractivity contribution in [3.63, 3.8) is 0 Å². The third-order valence-electron chi connectivity index (χ3n) is 10.8. The fourth-order valence-electron chi connectivity index (χ4n) is 8.64. The maximum atomic E-state index is 5.25. The van der Waals surface area contributed by atoms with E-state index in [-0.39, 0.29) is 0 Å². The molecule has 0 spiro atoms. The highest BCUT2D eigenvalue weighted by Crippen LogP contribution is 2.45. The Morgan fingerprint density at radius 3 is 1.78 bits per heavy atom. The quantitative estimate of drug-likeness (QED) is 0.190. The van der Waals surface area contributed by atoms with Gasteiger partial charge in [0.15, 0.2) is 5.65 Å². The molecule has 4 aromatic heterocycles. The summed E-state index contributed by atoms with van der Waals surface area (Å²) >= 11 is 0. The van der Waals surface area contributed by atoms with Gasteiger partial charge in [0.2, 0.25) is 0 Å². The first-order valence-electron chi connectivity index (χ1n) is 17.1. The molecule has 0 saturated heterocycles. The smallest absolute Gasteiger partial charge is 0.165 e. The predicted octanol–water partition coefficient (Wildman–Crippen LogP) is 11.9. The van der Waals surface area contributed by atoms with Crippen molar-refractivity contribution >= 4 is 92.7 Å². The van der Waals surface area contributed by atoms with Gasteiger partial charge in [-0.2, -0.15) is 0 Å². The summed E-state index contributed by atoms with van der Waals surface area (Å²) < 4.78 is 4.74. The molecule has 4 nitrogen and oxygen atoms in total. The van der Waals surface area contributed by atoms with Crippen LogP contribution in [-0.2, 0) is 0 Å². The van der Waals surface area contributed by atoms with E-state index in [2.05, 4.69) is 155 Å². The summed E-state index contributed by atoms with van der Waals surface area (Å²) in [5.74, 6) is 0. The van der Waals surface area contributed by atoms with Crippen molar-refractivity contribution in [3.05, 3.63) is 158 Å². The minimum absolute atomic E-state index is 0.902. The Bertz CT molecular complexity index is 3360. The van der Waals surface area contributed by atoms with Crippen LogP contribution in [0.3, 0.4) is 0 Å². The Morgan fingerprint density at radius 2 is 1.00 bits per heavy atom. The molecule has 0 saturated carbocycles. The van der Waals surface area contributed by atoms with Gasteiger partial charge in [-0.1, -0.05) is 97.1 Å². The number of nitrogens with zero attached hydrogens (tertiary/aromatic N) is 4. The van der Waals surface area contributed by atoms with Crippen LogP contribution in [0.15, 0.2) is 158 Å². The van der Waals surface area contributed by atoms with E-state index in [1.165, 1.54) is 70.8 Å². The largest absolute Gasteiger partial charge is 0.309 e. The zero-order chi connectivity index (χ0) is 32.5. The fraction of sp³-hybridized carbons (Fsp3) is 0. The summed E-state index contributed by atoms with van der Waals surface area (Å²) in [4.78, 5) is 10.5. The standard InChI is InChI=1S/C46H26N4/c1-2-12-31(13-3-1)49-39-21-20-29(24-34(39)42-32-14-6-4-10-27(32)18-22-40(42)49)30-25-35-43-33-15-7-5-11-28(33)19-23-41(43)50-45(35)36(26-30)44-46(50)48-38-17-9-8-16-37(38)47-44/h1-26H. The molecule has 230 valence electrons. The second kappa shape index (κ2) is 9.43. The van der Waals surface area contributed by atoms with Gasteiger partial charge < -0.3 is 4.57 Å². The maximum absolute atomic E-state index is 5.25. The van der Waals surface area contributed by atoms with E-state index in [4.69, 9.17) is 9.97 Å². The molecule has 0 radical (unpaired) electrons. The molecule has 0 aliphatic carbocycles. The topological polar surface area (TPSA) is 35.1 Å². The molecule has 0 unspecified atom stereocenters. The van der Waals surface area contributed by atoms with E-state index in [9.17, 15) is 0 Å². The molecule has 0 bridgehead atoms. The first kappa shape index (κ1) is 26.2. The molecule has 4 heteroatoms. The van der Waals surface area contributed by atoms with Gasteiger partial charge in [0.1, 0.15) is 5.52 Å². The molecule has 12 rings (SSSR count). The van der Waals surface area contributed by atoms with Gasteiger partial charge in [0, 0.05) is 32.6 Å². The summed E-state index contributed by atoms with van der Waals surface area (Å²) in [6.45, 7) is 0. The normalized spacial score (nSPS) is 12.4. The second-order valence-corrected chi connectivity index (χ2v) is 13.4. The van der Waals surface area contributed by atoms with Crippen LogP contribution >= 0.6 is 0 Å². The second-order valence-electron chi connectivity index (χ2n) is 13.4. The van der Waals surface area contributed by atoms with Crippen LogP contribution in [-0.4, -0.2) is 18.9 Å². The van der Waals surface area contributed by atoms with E-state index in [0.717, 1.165) is 38.8 Å². The Kier molecular flexibility index (Phi) is 4.94. The van der Waals surface area contributed by atoms with E-state index in [1.54, 1.807) is 0 Å². The highest BCUT2D eigenvalue weighted by molar-refractivity contribution is 6.29. The Balaban J connectivity index is 1.23. The molecular weight excluding hydrogens is 609 g/mol. The van der Waals surface area contributed by atoms with Gasteiger partial charge in [-0.25, -0.2) is 9.97 Å². The molecule has 0 aliphatic rings. The lowest BCUT2D eigenvalue weighted by atomic mass is 9.96. The lowest BCUT2D eigenvalue weighted by Crippen LogP contribution is -1.93. The summed E-state index contributed by atoms with van der Waals surface area (Å²) in [6.07, 6.45) is 0. The Hall–Kier alpha value is -6.78. The van der Waals surface area contributed by atoms with Gasteiger partial charge in [0.05, 0.1) is 33.1 Å². The van der Waals surface area contributed by atoms with Gasteiger partial charge in [0.25, 0.3) is 0 Å². The number of hydrogen-bond donors (Lipinski definition) is 0. The zero-order valence-corrected chi connectivity index (χ0v) is 26.8. The zero-order valence-electron chi connectivity index (χ0n) is 26.8. The van der Waals surface area contributed by atoms with Gasteiger partial charge in [-0.05, 0) is 93.3 Å². The lowest BCUT2D eigenvalue weighted by molar-refractivity contribution is 1.18. The van der Waals surface area contributed by atoms with Crippen LogP contribution in [0.4, 0.5) is 0 Å². The average Bonchev–Trinajstić information content (AvgIpc) is 3.81. The molecule has 0 atom stereocenters. The monoisotopic (exact) mass is 634 g/mol. The van der Waals surface area contributed by atoms with E-state index < -0.39 is 0 Å². The van der Waals surface area contributed by atoms with Crippen LogP contribution in [0.5, 0.6) is 0 Å². The highest BCUT2D eigenvalue weighted by Gasteiger charge is 2.23. The van der Waals surface area contributed by atoms with Crippen LogP contribution in [0.2, 0.25) is 0 Å². The molecule has 0 N–H and O–H groups in total. The maximum Gasteiger partial charge on any atom is 0.165 e. The molecule has 4 heterocycles. The molecule has 50 heavy (non-hydrogen) atoms. The number of hydrogen-bond acceptors (Lipinski definition) is 2. The SMILES string of the molecule is c1ccc(-n2c3ccc(-c4cc5c6nc7ccccc7nc6n6c7ccc8ccccc8c7c(c4)c56)cc3c3c4ccccc4ccc32)cc1. The molecular formula is C46H26N4. The number of fused-ring (bicyclic) bond motifs is 14. The van der Waals surface area contributed by atoms with Crippen molar-refractivity contribution in [2.45, 2.75) is 0 Å². The first-order valence-corrected chi connectivity index (χ1v) is 17.1. The van der Waals surface area contributed by atoms with E-state index in [1.807, 2.05) is 12.1 Å². The third-order valence-corrected chi connectivity index (χ3v) is 10.8. The number of aromatic nitrogens is 4. The van der Waals surface area contributed by atoms with Crippen molar-refractivity contribution in [1.82, 2.24) is 18.9 Å². The summed E-state index contributed by atoms with van der Waals surface area (Å²) in [5, 5.41) is 11.1. The van der Waals surface area contributed by atoms with Crippen molar-refractivity contribution in [2.75, 3.05) is 0 Å². The molecule has 12 aromatic rings. The van der Waals surface area contributed by atoms with Gasteiger partial charge in [-0.15, -0.1) is 0 Å². The van der Waals surface area contributed by atoms with Crippen molar-refractivity contribution < 1.29 is 0 Å². The van der Waals surface area contributed by atoms with Crippen molar-refractivity contribution in [3.8, 4) is 16.8 Å².